The van der Waals surface area contributed by atoms with Gasteiger partial charge >= 0.3 is 4.87 Å². The van der Waals surface area contributed by atoms with Crippen LogP contribution in [0.1, 0.15) is 5.69 Å². The van der Waals surface area contributed by atoms with Gasteiger partial charge in [-0.05, 0) is 12.1 Å². The molecular weight excluding hydrogens is 248 g/mol. The standard InChI is InChI=1S/C10H9F2N3OS/c11-7-1-5(13)2-8(12)9(7)14-3-6-4-17-10(16)15-6/h1-2,4,14H,3,13H2,(H,15,16). The van der Waals surface area contributed by atoms with Crippen LogP contribution in [0.25, 0.3) is 0 Å². The molecule has 0 saturated carbocycles. The number of halogens is 2. The van der Waals surface area contributed by atoms with Crippen LogP contribution < -0.4 is 15.9 Å². The van der Waals surface area contributed by atoms with Gasteiger partial charge in [0.1, 0.15) is 5.69 Å². The summed E-state index contributed by atoms with van der Waals surface area (Å²) in [5, 5.41) is 4.15. The Bertz CT molecular complexity index is 570. The molecule has 0 aliphatic heterocycles. The zero-order chi connectivity index (χ0) is 12.4. The quantitative estimate of drug-likeness (QED) is 0.735. The van der Waals surface area contributed by atoms with Gasteiger partial charge < -0.3 is 16.0 Å². The Morgan fingerprint density at radius 3 is 2.53 bits per heavy atom. The van der Waals surface area contributed by atoms with Crippen molar-refractivity contribution in [2.24, 2.45) is 0 Å². The van der Waals surface area contributed by atoms with Crippen molar-refractivity contribution < 1.29 is 8.78 Å². The third-order valence-electron chi connectivity index (χ3n) is 2.09. The lowest BCUT2D eigenvalue weighted by atomic mass is 10.2. The van der Waals surface area contributed by atoms with Gasteiger partial charge in [0.2, 0.25) is 0 Å². The molecule has 7 heteroatoms. The summed E-state index contributed by atoms with van der Waals surface area (Å²) in [6.07, 6.45) is 0. The van der Waals surface area contributed by atoms with Crippen molar-refractivity contribution in [1.29, 1.82) is 0 Å². The molecule has 1 heterocycles. The molecule has 0 aliphatic rings. The molecule has 0 unspecified atom stereocenters. The van der Waals surface area contributed by atoms with Gasteiger partial charge in [-0.15, -0.1) is 0 Å². The van der Waals surface area contributed by atoms with Crippen LogP contribution in [-0.2, 0) is 6.54 Å². The second kappa shape index (κ2) is 4.54. The summed E-state index contributed by atoms with van der Waals surface area (Å²) in [5.74, 6) is -1.53. The Morgan fingerprint density at radius 2 is 2.00 bits per heavy atom. The van der Waals surface area contributed by atoms with Crippen LogP contribution in [0, 0.1) is 11.6 Å². The zero-order valence-corrected chi connectivity index (χ0v) is 9.41. The number of benzene rings is 1. The van der Waals surface area contributed by atoms with Crippen LogP contribution in [0.3, 0.4) is 0 Å². The molecule has 17 heavy (non-hydrogen) atoms. The maximum absolute atomic E-state index is 13.4. The molecule has 0 radical (unpaired) electrons. The topological polar surface area (TPSA) is 70.9 Å². The average molecular weight is 257 g/mol. The molecule has 0 bridgehead atoms. The Labute approximate surface area is 99.1 Å². The first-order valence-electron chi connectivity index (χ1n) is 4.71. The molecule has 1 aromatic heterocycles. The highest BCUT2D eigenvalue weighted by atomic mass is 32.1. The Morgan fingerprint density at radius 1 is 1.35 bits per heavy atom. The van der Waals surface area contributed by atoms with Crippen molar-refractivity contribution in [2.45, 2.75) is 6.54 Å². The monoisotopic (exact) mass is 257 g/mol. The number of hydrogen-bond acceptors (Lipinski definition) is 4. The van der Waals surface area contributed by atoms with Crippen LogP contribution in [0.4, 0.5) is 20.2 Å². The van der Waals surface area contributed by atoms with E-state index in [9.17, 15) is 13.6 Å². The van der Waals surface area contributed by atoms with E-state index in [2.05, 4.69) is 10.3 Å². The summed E-state index contributed by atoms with van der Waals surface area (Å²) in [7, 11) is 0. The first kappa shape index (κ1) is 11.6. The highest BCUT2D eigenvalue weighted by Crippen LogP contribution is 2.22. The van der Waals surface area contributed by atoms with Crippen LogP contribution >= 0.6 is 11.3 Å². The Hall–Kier alpha value is -1.89. The largest absolute Gasteiger partial charge is 0.399 e. The second-order valence-corrected chi connectivity index (χ2v) is 4.23. The van der Waals surface area contributed by atoms with Crippen molar-refractivity contribution in [2.75, 3.05) is 11.1 Å². The van der Waals surface area contributed by atoms with E-state index in [1.807, 2.05) is 0 Å². The van der Waals surface area contributed by atoms with Gasteiger partial charge in [-0.2, -0.15) is 0 Å². The number of hydrogen-bond donors (Lipinski definition) is 3. The van der Waals surface area contributed by atoms with Crippen molar-refractivity contribution in [3.05, 3.63) is 44.5 Å². The van der Waals surface area contributed by atoms with Gasteiger partial charge in [0.25, 0.3) is 0 Å². The number of aromatic amines is 1. The first-order valence-corrected chi connectivity index (χ1v) is 5.59. The van der Waals surface area contributed by atoms with Crippen LogP contribution in [-0.4, -0.2) is 4.98 Å². The molecule has 90 valence electrons. The maximum atomic E-state index is 13.4. The molecule has 0 atom stereocenters. The Balaban J connectivity index is 2.16. The number of nitrogens with one attached hydrogen (secondary N) is 2. The fourth-order valence-corrected chi connectivity index (χ4v) is 1.93. The second-order valence-electron chi connectivity index (χ2n) is 3.39. The number of nitrogens with two attached hydrogens (primary N) is 1. The van der Waals surface area contributed by atoms with E-state index in [-0.39, 0.29) is 22.8 Å². The minimum atomic E-state index is -0.764. The molecule has 0 spiro atoms. The van der Waals surface area contributed by atoms with Gasteiger partial charge in [0, 0.05) is 16.8 Å². The fraction of sp³-hybridized carbons (Fsp3) is 0.100. The van der Waals surface area contributed by atoms with Crippen LogP contribution in [0.5, 0.6) is 0 Å². The number of anilines is 2. The van der Waals surface area contributed by atoms with Gasteiger partial charge in [-0.1, -0.05) is 11.3 Å². The van der Waals surface area contributed by atoms with Gasteiger partial charge in [0.15, 0.2) is 11.6 Å². The van der Waals surface area contributed by atoms with E-state index >= 15 is 0 Å². The minimum Gasteiger partial charge on any atom is -0.399 e. The Kier molecular flexibility index (Phi) is 3.10. The lowest BCUT2D eigenvalue weighted by Crippen LogP contribution is -2.06. The normalized spacial score (nSPS) is 10.5. The molecule has 2 rings (SSSR count). The van der Waals surface area contributed by atoms with Gasteiger partial charge in [0.05, 0.1) is 6.54 Å². The smallest absolute Gasteiger partial charge is 0.304 e. The van der Waals surface area contributed by atoms with Crippen molar-refractivity contribution in [1.82, 2.24) is 4.98 Å². The predicted octanol–water partition coefficient (Wildman–Crippen LogP) is 1.91. The SMILES string of the molecule is Nc1cc(F)c(NCc2csc(=O)[nH]2)c(F)c1. The minimum absolute atomic E-state index is 0.0227. The highest BCUT2D eigenvalue weighted by Gasteiger charge is 2.10. The summed E-state index contributed by atoms with van der Waals surface area (Å²) in [6, 6.07) is 2.06. The summed E-state index contributed by atoms with van der Waals surface area (Å²) < 4.78 is 26.7. The van der Waals surface area contributed by atoms with E-state index in [1.165, 1.54) is 0 Å². The number of H-pyrrole nitrogens is 1. The number of rotatable bonds is 3. The first-order chi connectivity index (χ1) is 8.06. The average Bonchev–Trinajstić information content (AvgIpc) is 2.62. The van der Waals surface area contributed by atoms with Gasteiger partial charge in [-0.3, -0.25) is 4.79 Å². The molecule has 2 aromatic rings. The number of nitrogen functional groups attached to an aromatic ring is 1. The molecule has 4 nitrogen and oxygen atoms in total. The van der Waals surface area contributed by atoms with E-state index in [0.717, 1.165) is 23.5 Å². The van der Waals surface area contributed by atoms with E-state index in [4.69, 9.17) is 5.73 Å². The number of thiazole rings is 1. The molecule has 0 saturated heterocycles. The lowest BCUT2D eigenvalue weighted by Gasteiger charge is -2.08. The maximum Gasteiger partial charge on any atom is 0.304 e. The van der Waals surface area contributed by atoms with Crippen molar-refractivity contribution >= 4 is 22.7 Å². The van der Waals surface area contributed by atoms with Crippen LogP contribution in [0.15, 0.2) is 22.3 Å². The summed E-state index contributed by atoms with van der Waals surface area (Å²) in [5.41, 5.74) is 5.62. The van der Waals surface area contributed by atoms with Crippen molar-refractivity contribution in [3.8, 4) is 0 Å². The van der Waals surface area contributed by atoms with E-state index < -0.39 is 11.6 Å². The summed E-state index contributed by atoms with van der Waals surface area (Å²) >= 11 is 0.992. The lowest BCUT2D eigenvalue weighted by molar-refractivity contribution is 0.589. The molecule has 0 fully saturated rings. The summed E-state index contributed by atoms with van der Waals surface area (Å²) in [4.78, 5) is 13.2. The number of aromatic nitrogens is 1. The predicted molar refractivity (Wildman–Crippen MR) is 63.0 cm³/mol. The fourth-order valence-electron chi connectivity index (χ4n) is 1.35. The van der Waals surface area contributed by atoms with E-state index in [1.54, 1.807) is 5.38 Å². The molecule has 0 aliphatic carbocycles. The third-order valence-corrected chi connectivity index (χ3v) is 2.81. The molecule has 4 N–H and O–H groups in total. The van der Waals surface area contributed by atoms with Crippen LogP contribution in [0.2, 0.25) is 0 Å². The molecular formula is C10H9F2N3OS. The van der Waals surface area contributed by atoms with E-state index in [0.29, 0.717) is 5.69 Å². The van der Waals surface area contributed by atoms with Gasteiger partial charge in [-0.25, -0.2) is 8.78 Å². The molecule has 1 aromatic carbocycles. The third kappa shape index (κ3) is 2.62. The van der Waals surface area contributed by atoms with Crippen molar-refractivity contribution in [3.63, 3.8) is 0 Å². The highest BCUT2D eigenvalue weighted by molar-refractivity contribution is 7.07. The summed E-state index contributed by atoms with van der Waals surface area (Å²) in [6.45, 7) is 0.135. The molecule has 0 amide bonds. The zero-order valence-electron chi connectivity index (χ0n) is 8.59.